The van der Waals surface area contributed by atoms with Gasteiger partial charge in [0.1, 0.15) is 0 Å². The number of hydrogen-bond donors (Lipinski definition) is 1. The van der Waals surface area contributed by atoms with Crippen LogP contribution in [0.3, 0.4) is 0 Å². The smallest absolute Gasteiger partial charge is 0.239 e. The molecule has 0 aromatic rings. The Morgan fingerprint density at radius 2 is 2.21 bits per heavy atom. The summed E-state index contributed by atoms with van der Waals surface area (Å²) in [6.45, 7) is 9.07. The van der Waals surface area contributed by atoms with Crippen molar-refractivity contribution in [2.24, 2.45) is 5.92 Å². The van der Waals surface area contributed by atoms with E-state index < -0.39 is 0 Å². The molecule has 1 N–H and O–H groups in total. The van der Waals surface area contributed by atoms with E-state index in [1.165, 1.54) is 6.42 Å². The minimum atomic E-state index is -0.00551. The van der Waals surface area contributed by atoms with Gasteiger partial charge in [-0.15, -0.1) is 0 Å². The third-order valence-corrected chi connectivity index (χ3v) is 2.57. The second-order valence-electron chi connectivity index (χ2n) is 4.56. The number of hydrogen-bond acceptors (Lipinski definition) is 2. The number of nitrogens with zero attached hydrogens (tertiary/aromatic N) is 1. The normalized spacial score (nSPS) is 25.0. The Bertz CT molecular complexity index is 192. The van der Waals surface area contributed by atoms with E-state index in [-0.39, 0.29) is 11.9 Å². The fraction of sp³-hybridized carbons (Fsp3) is 0.909. The van der Waals surface area contributed by atoms with E-state index in [1.54, 1.807) is 0 Å². The van der Waals surface area contributed by atoms with Crippen molar-refractivity contribution in [1.82, 2.24) is 10.2 Å². The van der Waals surface area contributed by atoms with E-state index in [1.807, 2.05) is 11.8 Å². The fourth-order valence-corrected chi connectivity index (χ4v) is 1.84. The van der Waals surface area contributed by atoms with Crippen molar-refractivity contribution in [3.63, 3.8) is 0 Å². The molecule has 1 aliphatic rings. The molecule has 3 nitrogen and oxygen atoms in total. The third-order valence-electron chi connectivity index (χ3n) is 2.57. The van der Waals surface area contributed by atoms with Gasteiger partial charge in [-0.1, -0.05) is 13.8 Å². The molecule has 0 bridgehead atoms. The van der Waals surface area contributed by atoms with Crippen molar-refractivity contribution < 1.29 is 4.79 Å². The summed E-state index contributed by atoms with van der Waals surface area (Å²) in [6, 6.07) is -0.00551. The minimum Gasteiger partial charge on any atom is -0.341 e. The first-order chi connectivity index (χ1) is 6.61. The molecule has 0 aliphatic carbocycles. The molecular formula is C11H22N2O. The zero-order chi connectivity index (χ0) is 10.6. The molecule has 0 saturated carbocycles. The fourth-order valence-electron chi connectivity index (χ4n) is 1.84. The first-order valence-corrected chi connectivity index (χ1v) is 5.63. The molecule has 1 fully saturated rings. The predicted octanol–water partition coefficient (Wildman–Crippen LogP) is 1.24. The van der Waals surface area contributed by atoms with Gasteiger partial charge in [0.2, 0.25) is 5.91 Å². The van der Waals surface area contributed by atoms with Gasteiger partial charge < -0.3 is 10.2 Å². The molecule has 1 unspecified atom stereocenters. The molecule has 0 spiro atoms. The molecule has 1 rings (SSSR count). The van der Waals surface area contributed by atoms with Crippen LogP contribution in [0.2, 0.25) is 0 Å². The van der Waals surface area contributed by atoms with E-state index in [2.05, 4.69) is 19.2 Å². The molecule has 0 radical (unpaired) electrons. The van der Waals surface area contributed by atoms with Crippen molar-refractivity contribution in [1.29, 1.82) is 0 Å². The van der Waals surface area contributed by atoms with Crippen LogP contribution >= 0.6 is 0 Å². The SMILES string of the molecule is CC(C)CN1CCCCNC(C)C1=O. The Morgan fingerprint density at radius 1 is 1.50 bits per heavy atom. The lowest BCUT2D eigenvalue weighted by Gasteiger charge is -2.30. The standard InChI is InChI=1S/C11H22N2O/c1-9(2)8-13-7-5-4-6-12-10(3)11(13)14/h9-10,12H,4-8H2,1-3H3. The summed E-state index contributed by atoms with van der Waals surface area (Å²) < 4.78 is 0. The topological polar surface area (TPSA) is 32.3 Å². The Kier molecular flexibility index (Phi) is 4.39. The van der Waals surface area contributed by atoms with Crippen LogP contribution in [-0.2, 0) is 4.79 Å². The van der Waals surface area contributed by atoms with E-state index in [9.17, 15) is 4.79 Å². The molecular weight excluding hydrogens is 176 g/mol. The van der Waals surface area contributed by atoms with Gasteiger partial charge in [0.15, 0.2) is 0 Å². The van der Waals surface area contributed by atoms with Gasteiger partial charge in [-0.3, -0.25) is 4.79 Å². The molecule has 3 heteroatoms. The van der Waals surface area contributed by atoms with Crippen LogP contribution in [0.15, 0.2) is 0 Å². The van der Waals surface area contributed by atoms with Gasteiger partial charge in [0.05, 0.1) is 6.04 Å². The minimum absolute atomic E-state index is 0.00551. The maximum absolute atomic E-state index is 11.9. The van der Waals surface area contributed by atoms with Crippen LogP contribution in [0.1, 0.15) is 33.6 Å². The van der Waals surface area contributed by atoms with E-state index in [0.717, 1.165) is 26.1 Å². The predicted molar refractivity (Wildman–Crippen MR) is 58.1 cm³/mol. The number of nitrogens with one attached hydrogen (secondary N) is 1. The van der Waals surface area contributed by atoms with Crippen LogP contribution in [-0.4, -0.2) is 36.5 Å². The van der Waals surface area contributed by atoms with E-state index >= 15 is 0 Å². The van der Waals surface area contributed by atoms with Gasteiger partial charge in [-0.05, 0) is 32.2 Å². The summed E-state index contributed by atoms with van der Waals surface area (Å²) in [7, 11) is 0. The first-order valence-electron chi connectivity index (χ1n) is 5.63. The van der Waals surface area contributed by atoms with Crippen LogP contribution in [0.5, 0.6) is 0 Å². The lowest BCUT2D eigenvalue weighted by molar-refractivity contribution is -0.134. The average Bonchev–Trinajstić information content (AvgIpc) is 2.11. The van der Waals surface area contributed by atoms with Gasteiger partial charge in [0.25, 0.3) is 0 Å². The zero-order valence-electron chi connectivity index (χ0n) is 9.55. The van der Waals surface area contributed by atoms with Gasteiger partial charge in [0, 0.05) is 13.1 Å². The summed E-state index contributed by atoms with van der Waals surface area (Å²) in [5.74, 6) is 0.823. The Hall–Kier alpha value is -0.570. The van der Waals surface area contributed by atoms with Gasteiger partial charge in [-0.25, -0.2) is 0 Å². The highest BCUT2D eigenvalue weighted by Crippen LogP contribution is 2.06. The maximum atomic E-state index is 11.9. The van der Waals surface area contributed by atoms with Crippen molar-refractivity contribution >= 4 is 5.91 Å². The summed E-state index contributed by atoms with van der Waals surface area (Å²) in [5.41, 5.74) is 0. The summed E-state index contributed by atoms with van der Waals surface area (Å²) in [5, 5.41) is 3.25. The lowest BCUT2D eigenvalue weighted by atomic mass is 10.1. The summed E-state index contributed by atoms with van der Waals surface area (Å²) in [6.07, 6.45) is 2.30. The Morgan fingerprint density at radius 3 is 2.86 bits per heavy atom. The molecule has 1 atom stereocenters. The molecule has 1 heterocycles. The van der Waals surface area contributed by atoms with E-state index in [4.69, 9.17) is 0 Å². The van der Waals surface area contributed by atoms with Crippen molar-refractivity contribution in [2.75, 3.05) is 19.6 Å². The first kappa shape index (κ1) is 11.5. The van der Waals surface area contributed by atoms with Crippen LogP contribution < -0.4 is 5.32 Å². The van der Waals surface area contributed by atoms with E-state index in [0.29, 0.717) is 5.92 Å². The quantitative estimate of drug-likeness (QED) is 0.724. The highest BCUT2D eigenvalue weighted by Gasteiger charge is 2.21. The molecule has 0 aromatic heterocycles. The lowest BCUT2D eigenvalue weighted by Crippen LogP contribution is -2.48. The maximum Gasteiger partial charge on any atom is 0.239 e. The number of carbonyl (C=O) groups is 1. The van der Waals surface area contributed by atoms with Crippen molar-refractivity contribution in [3.8, 4) is 0 Å². The second kappa shape index (κ2) is 5.35. The average molecular weight is 198 g/mol. The Labute approximate surface area is 86.9 Å². The number of carbonyl (C=O) groups excluding carboxylic acids is 1. The summed E-state index contributed by atoms with van der Waals surface area (Å²) in [4.78, 5) is 13.9. The highest BCUT2D eigenvalue weighted by molar-refractivity contribution is 5.81. The molecule has 14 heavy (non-hydrogen) atoms. The van der Waals surface area contributed by atoms with Gasteiger partial charge in [-0.2, -0.15) is 0 Å². The number of amides is 1. The Balaban J connectivity index is 2.54. The van der Waals surface area contributed by atoms with Crippen LogP contribution in [0.25, 0.3) is 0 Å². The van der Waals surface area contributed by atoms with Gasteiger partial charge >= 0.3 is 0 Å². The number of rotatable bonds is 2. The molecule has 0 aromatic carbocycles. The highest BCUT2D eigenvalue weighted by atomic mass is 16.2. The largest absolute Gasteiger partial charge is 0.341 e. The molecule has 82 valence electrons. The molecule has 1 aliphatic heterocycles. The van der Waals surface area contributed by atoms with Crippen LogP contribution in [0.4, 0.5) is 0 Å². The van der Waals surface area contributed by atoms with Crippen molar-refractivity contribution in [2.45, 2.75) is 39.7 Å². The summed E-state index contributed by atoms with van der Waals surface area (Å²) >= 11 is 0. The monoisotopic (exact) mass is 198 g/mol. The molecule has 1 saturated heterocycles. The second-order valence-corrected chi connectivity index (χ2v) is 4.56. The van der Waals surface area contributed by atoms with Crippen LogP contribution in [0, 0.1) is 5.92 Å². The zero-order valence-corrected chi connectivity index (χ0v) is 9.55. The van der Waals surface area contributed by atoms with Crippen molar-refractivity contribution in [3.05, 3.63) is 0 Å². The molecule has 1 amide bonds. The third kappa shape index (κ3) is 3.29.